The van der Waals surface area contributed by atoms with Gasteiger partial charge in [-0.3, -0.25) is 4.79 Å². The minimum absolute atomic E-state index is 0.204. The summed E-state index contributed by atoms with van der Waals surface area (Å²) in [7, 11) is 4.83. The van der Waals surface area contributed by atoms with Crippen molar-refractivity contribution in [3.63, 3.8) is 0 Å². The van der Waals surface area contributed by atoms with Gasteiger partial charge in [-0.1, -0.05) is 6.07 Å². The van der Waals surface area contributed by atoms with Crippen molar-refractivity contribution in [3.8, 4) is 17.2 Å². The molecule has 8 heteroatoms. The number of nitrogens with one attached hydrogen (secondary N) is 2. The van der Waals surface area contributed by atoms with Crippen molar-refractivity contribution in [1.29, 1.82) is 0 Å². The molecule has 2 N–H and O–H groups in total. The molecule has 0 radical (unpaired) electrons. The van der Waals surface area contributed by atoms with Gasteiger partial charge in [0.1, 0.15) is 11.4 Å². The van der Waals surface area contributed by atoms with Gasteiger partial charge in [-0.15, -0.1) is 11.3 Å². The van der Waals surface area contributed by atoms with Crippen LogP contribution >= 0.6 is 11.3 Å². The number of benzene rings is 2. The van der Waals surface area contributed by atoms with Gasteiger partial charge in [0.05, 0.1) is 21.3 Å². The molecule has 7 nitrogen and oxygen atoms in total. The fourth-order valence-electron chi connectivity index (χ4n) is 2.68. The van der Waals surface area contributed by atoms with E-state index in [1.807, 2.05) is 42.5 Å². The average molecular weight is 413 g/mol. The Morgan fingerprint density at radius 3 is 2.45 bits per heavy atom. The summed E-state index contributed by atoms with van der Waals surface area (Å²) in [5, 5.41) is 8.46. The summed E-state index contributed by atoms with van der Waals surface area (Å²) in [5.41, 5.74) is 2.31. The van der Waals surface area contributed by atoms with E-state index in [0.717, 1.165) is 17.0 Å². The number of nitrogens with zero attached hydrogens (tertiary/aromatic N) is 1. The molecule has 152 valence electrons. The number of hydrogen-bond acceptors (Lipinski definition) is 7. The Balaban J connectivity index is 1.52. The molecule has 0 bridgehead atoms. The van der Waals surface area contributed by atoms with Crippen LogP contribution in [-0.4, -0.2) is 38.8 Å². The molecule has 0 fully saturated rings. The molecule has 0 unspecified atom stereocenters. The summed E-state index contributed by atoms with van der Waals surface area (Å²) in [6, 6.07) is 13.2. The summed E-state index contributed by atoms with van der Waals surface area (Å²) in [4.78, 5) is 16.7. The Bertz CT molecular complexity index is 957. The highest BCUT2D eigenvalue weighted by Crippen LogP contribution is 2.27. The van der Waals surface area contributed by atoms with Crippen LogP contribution in [0, 0.1) is 0 Å². The molecule has 0 atom stereocenters. The van der Waals surface area contributed by atoms with Gasteiger partial charge in [0.2, 0.25) is 0 Å². The van der Waals surface area contributed by atoms with Crippen molar-refractivity contribution in [2.75, 3.05) is 33.2 Å². The van der Waals surface area contributed by atoms with Gasteiger partial charge in [-0.05, 0) is 48.4 Å². The van der Waals surface area contributed by atoms with Crippen LogP contribution in [0.5, 0.6) is 17.2 Å². The summed E-state index contributed by atoms with van der Waals surface area (Å²) >= 11 is 1.38. The lowest BCUT2D eigenvalue weighted by molar-refractivity contribution is 0.0950. The first-order chi connectivity index (χ1) is 14.1. The maximum atomic E-state index is 12.4. The Hall–Kier alpha value is -3.26. The number of rotatable bonds is 9. The van der Waals surface area contributed by atoms with Crippen molar-refractivity contribution in [2.45, 2.75) is 6.42 Å². The van der Waals surface area contributed by atoms with E-state index >= 15 is 0 Å². The molecule has 29 heavy (non-hydrogen) atoms. The number of ether oxygens (including phenoxy) is 3. The van der Waals surface area contributed by atoms with Crippen molar-refractivity contribution in [1.82, 2.24) is 10.3 Å². The van der Waals surface area contributed by atoms with E-state index in [-0.39, 0.29) is 5.91 Å². The quantitative estimate of drug-likeness (QED) is 0.554. The van der Waals surface area contributed by atoms with E-state index < -0.39 is 0 Å². The van der Waals surface area contributed by atoms with Crippen molar-refractivity contribution in [3.05, 3.63) is 59.1 Å². The first kappa shape index (κ1) is 20.5. The number of amides is 1. The van der Waals surface area contributed by atoms with Crippen LogP contribution in [0.3, 0.4) is 0 Å². The molecule has 0 aliphatic carbocycles. The molecule has 0 saturated carbocycles. The highest BCUT2D eigenvalue weighted by molar-refractivity contribution is 7.14. The molecule has 1 amide bonds. The summed E-state index contributed by atoms with van der Waals surface area (Å²) in [5.74, 6) is 1.93. The average Bonchev–Trinajstić information content (AvgIpc) is 3.22. The number of methoxy groups -OCH3 is 3. The molecular formula is C21H23N3O4S. The second-order valence-corrected chi connectivity index (χ2v) is 6.94. The fraction of sp³-hybridized carbons (Fsp3) is 0.238. The molecule has 3 aromatic rings. The third kappa shape index (κ3) is 5.39. The van der Waals surface area contributed by atoms with Crippen LogP contribution < -0.4 is 24.8 Å². The van der Waals surface area contributed by atoms with E-state index in [9.17, 15) is 4.79 Å². The van der Waals surface area contributed by atoms with Gasteiger partial charge in [-0.2, -0.15) is 0 Å². The van der Waals surface area contributed by atoms with E-state index in [1.165, 1.54) is 11.3 Å². The Morgan fingerprint density at radius 1 is 1.00 bits per heavy atom. The van der Waals surface area contributed by atoms with E-state index in [1.54, 1.807) is 26.7 Å². The van der Waals surface area contributed by atoms with Gasteiger partial charge in [0, 0.05) is 17.6 Å². The van der Waals surface area contributed by atoms with Crippen LogP contribution in [-0.2, 0) is 6.42 Å². The number of aromatic nitrogens is 1. The molecule has 1 heterocycles. The topological polar surface area (TPSA) is 81.7 Å². The maximum absolute atomic E-state index is 12.4. The largest absolute Gasteiger partial charge is 0.497 e. The molecule has 1 aromatic heterocycles. The third-order valence-corrected chi connectivity index (χ3v) is 4.98. The summed E-state index contributed by atoms with van der Waals surface area (Å²) < 4.78 is 15.7. The van der Waals surface area contributed by atoms with Crippen molar-refractivity contribution >= 4 is 28.1 Å². The minimum atomic E-state index is -0.204. The minimum Gasteiger partial charge on any atom is -0.497 e. The lowest BCUT2D eigenvalue weighted by Crippen LogP contribution is -2.26. The number of anilines is 2. The van der Waals surface area contributed by atoms with Crippen LogP contribution in [0.2, 0.25) is 0 Å². The summed E-state index contributed by atoms with van der Waals surface area (Å²) in [6.07, 6.45) is 0.674. The van der Waals surface area contributed by atoms with Gasteiger partial charge in [-0.25, -0.2) is 4.98 Å². The normalized spacial score (nSPS) is 10.3. The Kier molecular flexibility index (Phi) is 6.91. The Labute approximate surface area is 173 Å². The zero-order chi connectivity index (χ0) is 20.6. The summed E-state index contributed by atoms with van der Waals surface area (Å²) in [6.45, 7) is 0.493. The SMILES string of the molecule is COc1ccc(Nc2nc(C(=O)NCCc3ccc(OC)c(OC)c3)cs2)cc1. The second kappa shape index (κ2) is 9.79. The fourth-order valence-corrected chi connectivity index (χ4v) is 3.39. The molecule has 0 saturated heterocycles. The van der Waals surface area contributed by atoms with Crippen molar-refractivity contribution < 1.29 is 19.0 Å². The van der Waals surface area contributed by atoms with E-state index in [2.05, 4.69) is 15.6 Å². The second-order valence-electron chi connectivity index (χ2n) is 6.09. The van der Waals surface area contributed by atoms with Gasteiger partial charge >= 0.3 is 0 Å². The standard InChI is InChI=1S/C21H23N3O4S/c1-26-16-7-5-15(6-8-16)23-21-24-17(13-29-21)20(25)22-11-10-14-4-9-18(27-2)19(12-14)28-3/h4-9,12-13H,10-11H2,1-3H3,(H,22,25)(H,23,24). The van der Waals surface area contributed by atoms with Gasteiger partial charge in [0.15, 0.2) is 16.6 Å². The lowest BCUT2D eigenvalue weighted by Gasteiger charge is -2.09. The van der Waals surface area contributed by atoms with Gasteiger partial charge in [0.25, 0.3) is 5.91 Å². The van der Waals surface area contributed by atoms with Crippen molar-refractivity contribution in [2.24, 2.45) is 0 Å². The monoisotopic (exact) mass is 413 g/mol. The van der Waals surface area contributed by atoms with E-state index in [4.69, 9.17) is 14.2 Å². The number of hydrogen-bond donors (Lipinski definition) is 2. The molecule has 0 aliphatic heterocycles. The molecule has 0 spiro atoms. The number of thiazole rings is 1. The highest BCUT2D eigenvalue weighted by atomic mass is 32.1. The lowest BCUT2D eigenvalue weighted by atomic mass is 10.1. The zero-order valence-electron chi connectivity index (χ0n) is 16.5. The predicted molar refractivity (Wildman–Crippen MR) is 114 cm³/mol. The first-order valence-electron chi connectivity index (χ1n) is 8.98. The first-order valence-corrected chi connectivity index (χ1v) is 9.86. The predicted octanol–water partition coefficient (Wildman–Crippen LogP) is 3.89. The molecule has 0 aliphatic rings. The Morgan fingerprint density at radius 2 is 1.76 bits per heavy atom. The maximum Gasteiger partial charge on any atom is 0.270 e. The van der Waals surface area contributed by atoms with E-state index in [0.29, 0.717) is 35.3 Å². The van der Waals surface area contributed by atoms with Crippen LogP contribution in [0.4, 0.5) is 10.8 Å². The third-order valence-electron chi connectivity index (χ3n) is 4.23. The molecule has 3 rings (SSSR count). The van der Waals surface area contributed by atoms with Crippen LogP contribution in [0.15, 0.2) is 47.8 Å². The highest BCUT2D eigenvalue weighted by Gasteiger charge is 2.11. The number of carbonyl (C=O) groups excluding carboxylic acids is 1. The van der Waals surface area contributed by atoms with Crippen LogP contribution in [0.1, 0.15) is 16.1 Å². The number of carbonyl (C=O) groups is 1. The zero-order valence-corrected chi connectivity index (χ0v) is 17.3. The molecule has 2 aromatic carbocycles. The molecular weight excluding hydrogens is 390 g/mol. The van der Waals surface area contributed by atoms with Crippen LogP contribution in [0.25, 0.3) is 0 Å². The van der Waals surface area contributed by atoms with Gasteiger partial charge < -0.3 is 24.8 Å². The smallest absolute Gasteiger partial charge is 0.270 e.